The molecule has 0 radical (unpaired) electrons. The van der Waals surface area contributed by atoms with Crippen molar-refractivity contribution in [2.45, 2.75) is 78.1 Å². The smallest absolute Gasteiger partial charge is 0.122 e. The Morgan fingerprint density at radius 1 is 1.14 bits per heavy atom. The maximum atomic E-state index is 5.75. The molecule has 1 saturated carbocycles. The van der Waals surface area contributed by atoms with Crippen molar-refractivity contribution in [2.75, 3.05) is 7.11 Å². The molecule has 122 valence electrons. The van der Waals surface area contributed by atoms with Crippen LogP contribution in [0.15, 0.2) is 12.1 Å². The fourth-order valence-electron chi connectivity index (χ4n) is 5.46. The predicted octanol–water partition coefficient (Wildman–Crippen LogP) is 5.85. The summed E-state index contributed by atoms with van der Waals surface area (Å²) >= 11 is 0. The van der Waals surface area contributed by atoms with E-state index < -0.39 is 0 Å². The van der Waals surface area contributed by atoms with Crippen LogP contribution in [0.2, 0.25) is 0 Å². The van der Waals surface area contributed by atoms with Crippen LogP contribution in [0.3, 0.4) is 0 Å². The number of hydrogen-bond donors (Lipinski definition) is 0. The van der Waals surface area contributed by atoms with Crippen molar-refractivity contribution in [1.82, 2.24) is 0 Å². The summed E-state index contributed by atoms with van der Waals surface area (Å²) in [6.45, 7) is 12.0. The second kappa shape index (κ2) is 5.28. The lowest BCUT2D eigenvalue weighted by molar-refractivity contribution is 0.0405. The number of hydrogen-bond acceptors (Lipinski definition) is 1. The first-order valence-electron chi connectivity index (χ1n) is 9.01. The zero-order chi connectivity index (χ0) is 16.1. The summed E-state index contributed by atoms with van der Waals surface area (Å²) in [5, 5.41) is 0. The highest BCUT2D eigenvalue weighted by Gasteiger charge is 2.49. The van der Waals surface area contributed by atoms with Gasteiger partial charge in [-0.1, -0.05) is 47.1 Å². The molecule has 0 unspecified atom stereocenters. The lowest BCUT2D eigenvalue weighted by Crippen LogP contribution is -2.47. The van der Waals surface area contributed by atoms with E-state index in [-0.39, 0.29) is 0 Å². The second-order valence-corrected chi connectivity index (χ2v) is 8.76. The average Bonchev–Trinajstić information content (AvgIpc) is 2.45. The maximum Gasteiger partial charge on any atom is 0.122 e. The van der Waals surface area contributed by atoms with Gasteiger partial charge in [0.2, 0.25) is 0 Å². The lowest BCUT2D eigenvalue weighted by Gasteiger charge is -2.54. The van der Waals surface area contributed by atoms with E-state index in [0.717, 1.165) is 11.7 Å². The van der Waals surface area contributed by atoms with Gasteiger partial charge in [0, 0.05) is 0 Å². The molecule has 1 aromatic carbocycles. The maximum absolute atomic E-state index is 5.75. The Labute approximate surface area is 136 Å². The first-order valence-corrected chi connectivity index (χ1v) is 9.01. The largest absolute Gasteiger partial charge is 0.496 e. The van der Waals surface area contributed by atoms with Crippen LogP contribution in [0.4, 0.5) is 0 Å². The molecular formula is C21H32O. The van der Waals surface area contributed by atoms with Crippen LogP contribution in [-0.4, -0.2) is 7.11 Å². The van der Waals surface area contributed by atoms with Gasteiger partial charge in [-0.2, -0.15) is 0 Å². The third-order valence-corrected chi connectivity index (χ3v) is 6.62. The standard InChI is InChI=1S/C21H32O/c1-14(2)16-12-15-8-9-19-20(3,4)10-7-11-21(19,5)17(15)13-18(16)22-6/h12-14,19H,7-11H2,1-6H3/t19-,21-/m0/s1. The first kappa shape index (κ1) is 15.9. The number of aryl methyl sites for hydroxylation is 1. The first-order chi connectivity index (χ1) is 10.3. The number of benzene rings is 1. The Bertz CT molecular complexity index is 570. The average molecular weight is 300 g/mol. The minimum absolute atomic E-state index is 0.331. The molecule has 3 rings (SSSR count). The molecule has 0 saturated heterocycles. The van der Waals surface area contributed by atoms with E-state index in [2.05, 4.69) is 46.8 Å². The van der Waals surface area contributed by atoms with Gasteiger partial charge < -0.3 is 4.74 Å². The van der Waals surface area contributed by atoms with Crippen LogP contribution in [0, 0.1) is 11.3 Å². The number of fused-ring (bicyclic) bond motifs is 3. The molecule has 2 atom stereocenters. The quantitative estimate of drug-likeness (QED) is 0.666. The summed E-state index contributed by atoms with van der Waals surface area (Å²) in [6, 6.07) is 4.83. The van der Waals surface area contributed by atoms with E-state index >= 15 is 0 Å². The summed E-state index contributed by atoms with van der Waals surface area (Å²) in [6.07, 6.45) is 6.65. The molecule has 1 aromatic rings. The van der Waals surface area contributed by atoms with Crippen molar-refractivity contribution >= 4 is 0 Å². The molecular weight excluding hydrogens is 268 g/mol. The molecule has 0 N–H and O–H groups in total. The van der Waals surface area contributed by atoms with Gasteiger partial charge >= 0.3 is 0 Å². The van der Waals surface area contributed by atoms with Gasteiger partial charge in [-0.15, -0.1) is 0 Å². The highest BCUT2D eigenvalue weighted by atomic mass is 16.5. The number of methoxy groups -OCH3 is 1. The van der Waals surface area contributed by atoms with Crippen molar-refractivity contribution in [3.63, 3.8) is 0 Å². The molecule has 0 spiro atoms. The van der Waals surface area contributed by atoms with Crippen LogP contribution in [0.25, 0.3) is 0 Å². The summed E-state index contributed by atoms with van der Waals surface area (Å²) < 4.78 is 5.75. The fourth-order valence-corrected chi connectivity index (χ4v) is 5.46. The van der Waals surface area contributed by atoms with Crippen LogP contribution >= 0.6 is 0 Å². The van der Waals surface area contributed by atoms with Crippen LogP contribution in [0.1, 0.15) is 82.9 Å². The van der Waals surface area contributed by atoms with Gasteiger partial charge in [0.05, 0.1) is 7.11 Å². The monoisotopic (exact) mass is 300 g/mol. The highest BCUT2D eigenvalue weighted by molar-refractivity contribution is 5.49. The summed E-state index contributed by atoms with van der Waals surface area (Å²) in [7, 11) is 1.82. The molecule has 0 bridgehead atoms. The Morgan fingerprint density at radius 3 is 2.50 bits per heavy atom. The topological polar surface area (TPSA) is 9.23 Å². The van der Waals surface area contributed by atoms with Gasteiger partial charge in [-0.3, -0.25) is 0 Å². The third-order valence-electron chi connectivity index (χ3n) is 6.62. The Hall–Kier alpha value is -0.980. The Kier molecular flexibility index (Phi) is 3.82. The molecule has 1 nitrogen and oxygen atoms in total. The van der Waals surface area contributed by atoms with E-state index in [9.17, 15) is 0 Å². The fraction of sp³-hybridized carbons (Fsp3) is 0.714. The van der Waals surface area contributed by atoms with Gasteiger partial charge in [0.15, 0.2) is 0 Å². The van der Waals surface area contributed by atoms with E-state index in [1.54, 1.807) is 11.1 Å². The van der Waals surface area contributed by atoms with Crippen molar-refractivity contribution in [2.24, 2.45) is 11.3 Å². The Balaban J connectivity index is 2.14. The van der Waals surface area contributed by atoms with E-state index in [0.29, 0.717) is 16.7 Å². The van der Waals surface area contributed by atoms with E-state index in [1.807, 2.05) is 7.11 Å². The molecule has 0 amide bonds. The molecule has 2 aliphatic rings. The lowest BCUT2D eigenvalue weighted by atomic mass is 9.50. The zero-order valence-corrected chi connectivity index (χ0v) is 15.3. The molecule has 0 aromatic heterocycles. The SMILES string of the molecule is COc1cc2c(cc1C(C)C)CC[C@H]1C(C)(C)CCC[C@@]21C. The molecule has 1 heteroatoms. The van der Waals surface area contributed by atoms with Crippen molar-refractivity contribution in [1.29, 1.82) is 0 Å². The molecule has 1 fully saturated rings. The predicted molar refractivity (Wildman–Crippen MR) is 93.9 cm³/mol. The zero-order valence-electron chi connectivity index (χ0n) is 15.3. The molecule has 22 heavy (non-hydrogen) atoms. The van der Waals surface area contributed by atoms with Gasteiger partial charge in [-0.25, -0.2) is 0 Å². The van der Waals surface area contributed by atoms with Gasteiger partial charge in [-0.05, 0) is 71.1 Å². The summed E-state index contributed by atoms with van der Waals surface area (Å²) in [5.41, 5.74) is 5.34. The van der Waals surface area contributed by atoms with Gasteiger partial charge in [0.1, 0.15) is 5.75 Å². The molecule has 2 aliphatic carbocycles. The highest BCUT2D eigenvalue weighted by Crippen LogP contribution is 2.57. The van der Waals surface area contributed by atoms with E-state index in [1.165, 1.54) is 37.7 Å². The van der Waals surface area contributed by atoms with Crippen LogP contribution < -0.4 is 4.74 Å². The molecule has 0 aliphatic heterocycles. The summed E-state index contributed by atoms with van der Waals surface area (Å²) in [5.74, 6) is 2.42. The van der Waals surface area contributed by atoms with Crippen molar-refractivity contribution in [3.8, 4) is 5.75 Å². The third kappa shape index (κ3) is 2.28. The minimum Gasteiger partial charge on any atom is -0.496 e. The summed E-state index contributed by atoms with van der Waals surface area (Å²) in [4.78, 5) is 0. The van der Waals surface area contributed by atoms with Crippen molar-refractivity contribution < 1.29 is 4.74 Å². The van der Waals surface area contributed by atoms with Crippen LogP contribution in [-0.2, 0) is 11.8 Å². The molecule has 0 heterocycles. The number of rotatable bonds is 2. The van der Waals surface area contributed by atoms with E-state index in [4.69, 9.17) is 4.74 Å². The number of ether oxygens (including phenoxy) is 1. The second-order valence-electron chi connectivity index (χ2n) is 8.76. The van der Waals surface area contributed by atoms with Crippen LogP contribution in [0.5, 0.6) is 5.75 Å². The Morgan fingerprint density at radius 2 is 1.86 bits per heavy atom. The minimum atomic E-state index is 0.331. The van der Waals surface area contributed by atoms with Gasteiger partial charge in [0.25, 0.3) is 0 Å². The van der Waals surface area contributed by atoms with Crippen molar-refractivity contribution in [3.05, 3.63) is 28.8 Å². The normalized spacial score (nSPS) is 29.9.